The van der Waals surface area contributed by atoms with E-state index in [2.05, 4.69) is 43.3 Å². The first kappa shape index (κ1) is 8.73. The second kappa shape index (κ2) is 3.13. The fourth-order valence-electron chi connectivity index (χ4n) is 2.11. The summed E-state index contributed by atoms with van der Waals surface area (Å²) in [5, 5.41) is 0. The molecule has 0 amide bonds. The number of rotatable bonds is 1. The topological polar surface area (TPSA) is 29.3 Å². The highest BCUT2D eigenvalue weighted by molar-refractivity contribution is 5.36. The van der Waals surface area contributed by atoms with Crippen LogP contribution >= 0.6 is 0 Å². The zero-order valence-corrected chi connectivity index (χ0v) is 8.20. The summed E-state index contributed by atoms with van der Waals surface area (Å²) in [7, 11) is 4.19. The Kier molecular flexibility index (Phi) is 2.10. The minimum absolute atomic E-state index is 0.186. The predicted octanol–water partition coefficient (Wildman–Crippen LogP) is 1.17. The maximum absolute atomic E-state index is 6.15. The van der Waals surface area contributed by atoms with E-state index in [1.54, 1.807) is 0 Å². The molecule has 2 rings (SSSR count). The van der Waals surface area contributed by atoms with Crippen molar-refractivity contribution in [1.29, 1.82) is 0 Å². The normalized spacial score (nSPS) is 26.5. The maximum Gasteiger partial charge on any atom is 0.0458 e. The van der Waals surface area contributed by atoms with Crippen LogP contribution in [-0.2, 0) is 6.42 Å². The van der Waals surface area contributed by atoms with Crippen LogP contribution in [0.2, 0.25) is 0 Å². The lowest BCUT2D eigenvalue weighted by atomic mass is 10.1. The highest BCUT2D eigenvalue weighted by Gasteiger charge is 2.30. The number of hydrogen-bond acceptors (Lipinski definition) is 2. The molecule has 0 saturated carbocycles. The van der Waals surface area contributed by atoms with Crippen molar-refractivity contribution in [2.75, 3.05) is 14.1 Å². The van der Waals surface area contributed by atoms with Gasteiger partial charge in [0.25, 0.3) is 0 Å². The minimum Gasteiger partial charge on any atom is -0.323 e. The van der Waals surface area contributed by atoms with Crippen LogP contribution in [-0.4, -0.2) is 25.0 Å². The van der Waals surface area contributed by atoms with Crippen LogP contribution in [0.15, 0.2) is 24.3 Å². The summed E-state index contributed by atoms with van der Waals surface area (Å²) in [6, 6.07) is 9.13. The van der Waals surface area contributed by atoms with Gasteiger partial charge >= 0.3 is 0 Å². The molecule has 0 spiro atoms. The van der Waals surface area contributed by atoms with E-state index in [1.165, 1.54) is 11.1 Å². The van der Waals surface area contributed by atoms with Crippen LogP contribution < -0.4 is 5.73 Å². The third kappa shape index (κ3) is 1.36. The number of fused-ring (bicyclic) bond motifs is 1. The van der Waals surface area contributed by atoms with Gasteiger partial charge in [-0.2, -0.15) is 0 Å². The van der Waals surface area contributed by atoms with E-state index in [4.69, 9.17) is 5.73 Å². The molecule has 0 heterocycles. The SMILES string of the molecule is CN(C)[C@@H]1Cc2ccccc2[C@H]1N. The monoisotopic (exact) mass is 176 g/mol. The van der Waals surface area contributed by atoms with Gasteiger partial charge in [0.2, 0.25) is 0 Å². The molecule has 0 saturated heterocycles. The van der Waals surface area contributed by atoms with Gasteiger partial charge in [-0.25, -0.2) is 0 Å². The van der Waals surface area contributed by atoms with Gasteiger partial charge in [0, 0.05) is 12.1 Å². The molecule has 2 heteroatoms. The van der Waals surface area contributed by atoms with E-state index < -0.39 is 0 Å². The van der Waals surface area contributed by atoms with Crippen molar-refractivity contribution < 1.29 is 0 Å². The third-order valence-corrected chi connectivity index (χ3v) is 2.92. The van der Waals surface area contributed by atoms with Crippen molar-refractivity contribution in [3.8, 4) is 0 Å². The second-order valence-electron chi connectivity index (χ2n) is 3.96. The molecular weight excluding hydrogens is 160 g/mol. The second-order valence-corrected chi connectivity index (χ2v) is 3.96. The first-order valence-electron chi connectivity index (χ1n) is 4.70. The van der Waals surface area contributed by atoms with Crippen molar-refractivity contribution >= 4 is 0 Å². The maximum atomic E-state index is 6.15. The zero-order chi connectivity index (χ0) is 9.42. The van der Waals surface area contributed by atoms with Gasteiger partial charge in [0.1, 0.15) is 0 Å². The van der Waals surface area contributed by atoms with Crippen molar-refractivity contribution in [2.45, 2.75) is 18.5 Å². The van der Waals surface area contributed by atoms with E-state index in [9.17, 15) is 0 Å². The van der Waals surface area contributed by atoms with Gasteiger partial charge in [-0.3, -0.25) is 0 Å². The fraction of sp³-hybridized carbons (Fsp3) is 0.455. The zero-order valence-electron chi connectivity index (χ0n) is 8.20. The van der Waals surface area contributed by atoms with Crippen LogP contribution in [0.4, 0.5) is 0 Å². The quantitative estimate of drug-likeness (QED) is 0.696. The number of hydrogen-bond donors (Lipinski definition) is 1. The number of nitrogens with zero attached hydrogens (tertiary/aromatic N) is 1. The lowest BCUT2D eigenvalue weighted by Gasteiger charge is -2.23. The molecule has 0 bridgehead atoms. The average molecular weight is 176 g/mol. The first-order chi connectivity index (χ1) is 6.20. The lowest BCUT2D eigenvalue weighted by Crippen LogP contribution is -2.35. The summed E-state index contributed by atoms with van der Waals surface area (Å²) in [6.07, 6.45) is 1.09. The molecule has 2 nitrogen and oxygen atoms in total. The number of nitrogens with two attached hydrogens (primary N) is 1. The molecule has 1 aliphatic rings. The molecule has 0 unspecified atom stereocenters. The fourth-order valence-corrected chi connectivity index (χ4v) is 2.11. The molecule has 2 atom stereocenters. The number of likely N-dealkylation sites (N-methyl/N-ethyl adjacent to an activating group) is 1. The van der Waals surface area contributed by atoms with Crippen molar-refractivity contribution in [1.82, 2.24) is 4.90 Å². The Labute approximate surface area is 79.4 Å². The van der Waals surface area contributed by atoms with Crippen LogP contribution in [0.3, 0.4) is 0 Å². The molecule has 0 fully saturated rings. The van der Waals surface area contributed by atoms with Gasteiger partial charge in [0.05, 0.1) is 0 Å². The Morgan fingerprint density at radius 2 is 2.00 bits per heavy atom. The van der Waals surface area contributed by atoms with Crippen molar-refractivity contribution in [3.05, 3.63) is 35.4 Å². The Balaban J connectivity index is 2.32. The van der Waals surface area contributed by atoms with Crippen molar-refractivity contribution in [3.63, 3.8) is 0 Å². The molecule has 70 valence electrons. The molecule has 2 N–H and O–H groups in total. The van der Waals surface area contributed by atoms with Crippen molar-refractivity contribution in [2.24, 2.45) is 5.73 Å². The smallest absolute Gasteiger partial charge is 0.0458 e. The summed E-state index contributed by atoms with van der Waals surface area (Å²) in [4.78, 5) is 2.21. The molecule has 0 aromatic heterocycles. The largest absolute Gasteiger partial charge is 0.323 e. The van der Waals surface area contributed by atoms with Crippen LogP contribution in [0.1, 0.15) is 17.2 Å². The average Bonchev–Trinajstić information content (AvgIpc) is 2.45. The first-order valence-corrected chi connectivity index (χ1v) is 4.70. The summed E-state index contributed by atoms with van der Waals surface area (Å²) in [6.45, 7) is 0. The standard InChI is InChI=1S/C11H16N2/c1-13(2)10-7-8-5-3-4-6-9(8)11(10)12/h3-6,10-11H,7,12H2,1-2H3/t10-,11-/m1/s1. The molecule has 1 aliphatic carbocycles. The molecule has 0 radical (unpaired) electrons. The summed E-state index contributed by atoms with van der Waals surface area (Å²) in [5.41, 5.74) is 8.88. The third-order valence-electron chi connectivity index (χ3n) is 2.92. The Morgan fingerprint density at radius 1 is 1.31 bits per heavy atom. The summed E-state index contributed by atoms with van der Waals surface area (Å²) in [5.74, 6) is 0. The van der Waals surface area contributed by atoms with Gasteiger partial charge in [-0.15, -0.1) is 0 Å². The van der Waals surface area contributed by atoms with Crippen LogP contribution in [0.25, 0.3) is 0 Å². The van der Waals surface area contributed by atoms with E-state index in [-0.39, 0.29) is 6.04 Å². The van der Waals surface area contributed by atoms with E-state index in [0.29, 0.717) is 6.04 Å². The summed E-state index contributed by atoms with van der Waals surface area (Å²) >= 11 is 0. The van der Waals surface area contributed by atoms with Crippen LogP contribution in [0, 0.1) is 0 Å². The highest BCUT2D eigenvalue weighted by Crippen LogP contribution is 2.31. The van der Waals surface area contributed by atoms with Gasteiger partial charge in [0.15, 0.2) is 0 Å². The number of benzene rings is 1. The molecule has 0 aliphatic heterocycles. The minimum atomic E-state index is 0.186. The van der Waals surface area contributed by atoms with E-state index in [1.807, 2.05) is 0 Å². The Morgan fingerprint density at radius 3 is 2.62 bits per heavy atom. The summed E-state index contributed by atoms with van der Waals surface area (Å²) < 4.78 is 0. The van der Waals surface area contributed by atoms with Gasteiger partial charge < -0.3 is 10.6 Å². The van der Waals surface area contributed by atoms with E-state index >= 15 is 0 Å². The van der Waals surface area contributed by atoms with Crippen LogP contribution in [0.5, 0.6) is 0 Å². The van der Waals surface area contributed by atoms with Gasteiger partial charge in [-0.05, 0) is 31.6 Å². The Bertz CT molecular complexity index is 307. The molecule has 1 aromatic carbocycles. The molecule has 1 aromatic rings. The highest BCUT2D eigenvalue weighted by atomic mass is 15.1. The Hall–Kier alpha value is -0.860. The predicted molar refractivity (Wildman–Crippen MR) is 54.5 cm³/mol. The van der Waals surface area contributed by atoms with Gasteiger partial charge in [-0.1, -0.05) is 24.3 Å². The van der Waals surface area contributed by atoms with E-state index in [0.717, 1.165) is 6.42 Å². The lowest BCUT2D eigenvalue weighted by molar-refractivity contribution is 0.269. The molecular formula is C11H16N2. The molecule has 13 heavy (non-hydrogen) atoms.